The summed E-state index contributed by atoms with van der Waals surface area (Å²) in [6.45, 7) is 4.46. The monoisotopic (exact) mass is 205 g/mol. The summed E-state index contributed by atoms with van der Waals surface area (Å²) in [4.78, 5) is 10.8. The molecule has 0 amide bonds. The number of H-pyrrole nitrogens is 1. The minimum absolute atomic E-state index is 0.894. The molecule has 0 fully saturated rings. The lowest BCUT2D eigenvalue weighted by molar-refractivity contribution is 0.702. The zero-order chi connectivity index (χ0) is 10.9. The number of nitrogens with zero attached hydrogens (tertiary/aromatic N) is 2. The molecule has 3 heteroatoms. The predicted molar refractivity (Wildman–Crippen MR) is 62.8 cm³/mol. The Morgan fingerprint density at radius 2 is 1.93 bits per heavy atom. The van der Waals surface area contributed by atoms with Crippen molar-refractivity contribution < 1.29 is 0 Å². The predicted octanol–water partition coefficient (Wildman–Crippen LogP) is 3.50. The van der Waals surface area contributed by atoms with Gasteiger partial charge in [0, 0.05) is 18.0 Å². The van der Waals surface area contributed by atoms with Gasteiger partial charge in [-0.15, -0.1) is 0 Å². The molecule has 2 rings (SSSR count). The van der Waals surface area contributed by atoms with Gasteiger partial charge in [-0.05, 0) is 6.07 Å². The van der Waals surface area contributed by atoms with Crippen molar-refractivity contribution in [2.24, 2.45) is 0 Å². The molecule has 0 bridgehead atoms. The van der Waals surface area contributed by atoms with Gasteiger partial charge in [0.15, 0.2) is 0 Å². The number of aromatic nitrogens is 3. The van der Waals surface area contributed by atoms with Crippen LogP contribution in [0.2, 0.25) is 0 Å². The van der Waals surface area contributed by atoms with Gasteiger partial charge in [0.05, 0.1) is 6.33 Å². The average molecular weight is 205 g/mol. The molecule has 0 aromatic carbocycles. The van der Waals surface area contributed by atoms with E-state index in [2.05, 4.69) is 28.8 Å². The van der Waals surface area contributed by atoms with Crippen molar-refractivity contribution in [1.29, 1.82) is 0 Å². The molecule has 0 radical (unpaired) electrons. The third kappa shape index (κ3) is 4.11. The van der Waals surface area contributed by atoms with Crippen molar-refractivity contribution in [2.45, 2.75) is 39.5 Å². The third-order valence-electron chi connectivity index (χ3n) is 2.18. The molecule has 3 nitrogen and oxygen atoms in total. The average Bonchev–Trinajstić information content (AvgIpc) is 2.75. The van der Waals surface area contributed by atoms with Crippen LogP contribution >= 0.6 is 0 Å². The van der Waals surface area contributed by atoms with Crippen molar-refractivity contribution >= 4 is 0 Å². The third-order valence-corrected chi connectivity index (χ3v) is 2.18. The molecule has 0 aromatic rings. The Kier molecular flexibility index (Phi) is 5.44. The molecule has 2 heterocycles. The molecule has 0 atom stereocenters. The van der Waals surface area contributed by atoms with E-state index in [0.717, 1.165) is 11.4 Å². The van der Waals surface area contributed by atoms with E-state index < -0.39 is 0 Å². The maximum atomic E-state index is 4.02. The zero-order valence-corrected chi connectivity index (χ0v) is 9.53. The van der Waals surface area contributed by atoms with Crippen LogP contribution in [0.1, 0.15) is 39.5 Å². The van der Waals surface area contributed by atoms with Gasteiger partial charge in [-0.25, -0.2) is 9.97 Å². The van der Waals surface area contributed by atoms with E-state index in [-0.39, 0.29) is 0 Å². The molecule has 2 aliphatic rings. The van der Waals surface area contributed by atoms with E-state index in [4.69, 9.17) is 0 Å². The largest absolute Gasteiger partial charge is 0.331 e. The topological polar surface area (TPSA) is 41.6 Å². The molecule has 0 spiro atoms. The van der Waals surface area contributed by atoms with Gasteiger partial charge >= 0.3 is 0 Å². The molecule has 0 saturated heterocycles. The number of nitrogens with one attached hydrogen (secondary N) is 1. The number of hydrogen-bond acceptors (Lipinski definition) is 2. The van der Waals surface area contributed by atoms with E-state index in [1.54, 1.807) is 18.7 Å². The van der Waals surface area contributed by atoms with Gasteiger partial charge in [0.25, 0.3) is 0 Å². The van der Waals surface area contributed by atoms with Crippen LogP contribution < -0.4 is 0 Å². The lowest BCUT2D eigenvalue weighted by Gasteiger charge is -1.91. The number of hydrogen-bond donors (Lipinski definition) is 1. The lowest BCUT2D eigenvalue weighted by atomic mass is 10.2. The van der Waals surface area contributed by atoms with Crippen LogP contribution in [0.5, 0.6) is 0 Å². The number of aromatic amines is 1. The van der Waals surface area contributed by atoms with Crippen molar-refractivity contribution in [1.82, 2.24) is 15.0 Å². The quantitative estimate of drug-likeness (QED) is 0.779. The molecule has 82 valence electrons. The Balaban J connectivity index is 0.000000167. The normalized spacial score (nSPS) is 9.73. The summed E-state index contributed by atoms with van der Waals surface area (Å²) in [6.07, 6.45) is 10.7. The SMILES string of the molecule is CCCCCC.c1cc2cnc[nH]c-2n1. The first-order valence-corrected chi connectivity index (χ1v) is 5.61. The summed E-state index contributed by atoms with van der Waals surface area (Å²) >= 11 is 0. The van der Waals surface area contributed by atoms with Gasteiger partial charge in [0.1, 0.15) is 5.82 Å². The fourth-order valence-electron chi connectivity index (χ4n) is 1.29. The van der Waals surface area contributed by atoms with Crippen LogP contribution in [0.15, 0.2) is 24.8 Å². The number of unbranched alkanes of at least 4 members (excludes halogenated alkanes) is 3. The summed E-state index contributed by atoms with van der Waals surface area (Å²) in [7, 11) is 0. The van der Waals surface area contributed by atoms with Gasteiger partial charge in [-0.1, -0.05) is 39.5 Å². The molecular weight excluding hydrogens is 186 g/mol. The highest BCUT2D eigenvalue weighted by molar-refractivity contribution is 5.54. The van der Waals surface area contributed by atoms with E-state index >= 15 is 0 Å². The Bertz CT molecular complexity index is 298. The Morgan fingerprint density at radius 3 is 2.53 bits per heavy atom. The van der Waals surface area contributed by atoms with Crippen molar-refractivity contribution in [3.63, 3.8) is 0 Å². The number of fused-ring (bicyclic) bond motifs is 1. The van der Waals surface area contributed by atoms with Crippen molar-refractivity contribution in [3.8, 4) is 11.4 Å². The Morgan fingerprint density at radius 1 is 1.20 bits per heavy atom. The van der Waals surface area contributed by atoms with Gasteiger partial charge < -0.3 is 4.98 Å². The molecular formula is C12H19N3. The Hall–Kier alpha value is -1.38. The maximum absolute atomic E-state index is 4.02. The van der Waals surface area contributed by atoms with Crippen LogP contribution in [0.25, 0.3) is 11.4 Å². The fraction of sp³-hybridized carbons (Fsp3) is 0.500. The molecule has 0 aliphatic carbocycles. The van der Waals surface area contributed by atoms with Crippen LogP contribution in [0.3, 0.4) is 0 Å². The van der Waals surface area contributed by atoms with Crippen LogP contribution in [-0.4, -0.2) is 15.0 Å². The smallest absolute Gasteiger partial charge is 0.139 e. The summed E-state index contributed by atoms with van der Waals surface area (Å²) in [5, 5.41) is 0. The van der Waals surface area contributed by atoms with E-state index in [9.17, 15) is 0 Å². The first kappa shape index (κ1) is 11.7. The van der Waals surface area contributed by atoms with Crippen molar-refractivity contribution in [2.75, 3.05) is 0 Å². The van der Waals surface area contributed by atoms with Crippen molar-refractivity contribution in [3.05, 3.63) is 24.8 Å². The molecule has 1 N–H and O–H groups in total. The lowest BCUT2D eigenvalue weighted by Crippen LogP contribution is -1.82. The molecule has 0 aromatic heterocycles. The molecule has 0 unspecified atom stereocenters. The van der Waals surface area contributed by atoms with E-state index in [0.29, 0.717) is 0 Å². The zero-order valence-electron chi connectivity index (χ0n) is 9.53. The summed E-state index contributed by atoms with van der Waals surface area (Å²) in [5.41, 5.74) is 1.05. The van der Waals surface area contributed by atoms with Crippen LogP contribution in [-0.2, 0) is 0 Å². The summed E-state index contributed by atoms with van der Waals surface area (Å²) in [5.74, 6) is 0.894. The number of rotatable bonds is 3. The minimum Gasteiger partial charge on any atom is -0.331 e. The second kappa shape index (κ2) is 6.98. The second-order valence-corrected chi connectivity index (χ2v) is 3.51. The first-order valence-electron chi connectivity index (χ1n) is 5.61. The highest BCUT2D eigenvalue weighted by atomic mass is 14.9. The highest BCUT2D eigenvalue weighted by Gasteiger charge is 1.98. The van der Waals surface area contributed by atoms with Gasteiger partial charge in [-0.2, -0.15) is 0 Å². The summed E-state index contributed by atoms with van der Waals surface area (Å²) < 4.78 is 0. The first-order chi connectivity index (χ1) is 7.38. The van der Waals surface area contributed by atoms with Crippen LogP contribution in [0, 0.1) is 0 Å². The molecule has 2 aliphatic heterocycles. The molecule has 0 saturated carbocycles. The highest BCUT2D eigenvalue weighted by Crippen LogP contribution is 2.12. The van der Waals surface area contributed by atoms with Gasteiger partial charge in [0.2, 0.25) is 0 Å². The fourth-order valence-corrected chi connectivity index (χ4v) is 1.29. The standard InChI is InChI=1S/C6H5N3.C6H14/c1-2-8-6-5(1)3-7-4-9-6;1-3-5-6-4-2/h1-4H,(H,7,8,9);3-6H2,1-2H3. The maximum Gasteiger partial charge on any atom is 0.139 e. The van der Waals surface area contributed by atoms with E-state index in [1.165, 1.54) is 25.7 Å². The van der Waals surface area contributed by atoms with Gasteiger partial charge in [-0.3, -0.25) is 0 Å². The molecule has 15 heavy (non-hydrogen) atoms. The summed E-state index contributed by atoms with van der Waals surface area (Å²) in [6, 6.07) is 1.92. The van der Waals surface area contributed by atoms with E-state index in [1.807, 2.05) is 6.07 Å². The minimum atomic E-state index is 0.894. The second-order valence-electron chi connectivity index (χ2n) is 3.51. The van der Waals surface area contributed by atoms with Crippen LogP contribution in [0.4, 0.5) is 0 Å². The Labute approximate surface area is 91.3 Å².